The summed E-state index contributed by atoms with van der Waals surface area (Å²) in [5.41, 5.74) is 3.07. The van der Waals surface area contributed by atoms with Crippen molar-refractivity contribution >= 4 is 0 Å². The van der Waals surface area contributed by atoms with Crippen LogP contribution in [-0.4, -0.2) is 0 Å². The van der Waals surface area contributed by atoms with Gasteiger partial charge in [0.05, 0.1) is 0 Å². The first-order valence-corrected chi connectivity index (χ1v) is 4.58. The zero-order chi connectivity index (χ0) is 7.72. The van der Waals surface area contributed by atoms with E-state index in [1.165, 1.54) is 12.0 Å². The third-order valence-corrected chi connectivity index (χ3v) is 3.29. The van der Waals surface area contributed by atoms with Gasteiger partial charge in [0.1, 0.15) is 0 Å². The van der Waals surface area contributed by atoms with Crippen LogP contribution in [0.2, 0.25) is 0 Å². The van der Waals surface area contributed by atoms with Crippen LogP contribution in [0, 0.1) is 5.92 Å². The van der Waals surface area contributed by atoms with Gasteiger partial charge in [0.2, 0.25) is 0 Å². The first-order chi connectivity index (χ1) is 4.66. The van der Waals surface area contributed by atoms with Gasteiger partial charge in [-0.3, -0.25) is 0 Å². The largest absolute Gasteiger partial charge is 1.00 e. The Balaban J connectivity index is 0. The van der Waals surface area contributed by atoms with Gasteiger partial charge in [-0.2, -0.15) is 0 Å². The molecule has 12 heavy (non-hydrogen) atoms. The molecule has 0 spiro atoms. The van der Waals surface area contributed by atoms with Crippen molar-refractivity contribution in [1.29, 1.82) is 0 Å². The summed E-state index contributed by atoms with van der Waals surface area (Å²) in [6.45, 7) is 6.71. The normalized spacial score (nSPS) is 21.4. The molecule has 67 valence electrons. The second-order valence-electron chi connectivity index (χ2n) is 2.88. The third-order valence-electron chi connectivity index (χ3n) is 2.11. The van der Waals surface area contributed by atoms with Crippen molar-refractivity contribution < 1.29 is 45.2 Å². The van der Waals surface area contributed by atoms with Gasteiger partial charge in [-0.05, 0) is 0 Å². The fourth-order valence-corrected chi connectivity index (χ4v) is 2.23. The predicted molar refractivity (Wildman–Crippen MR) is 40.2 cm³/mol. The minimum atomic E-state index is 0. The summed E-state index contributed by atoms with van der Waals surface area (Å²) >= 11 is 2.25. The molecule has 0 N–H and O–H groups in total. The fraction of sp³-hybridized carbons (Fsp3) is 0.556. The Morgan fingerprint density at radius 1 is 1.42 bits per heavy atom. The molecule has 1 atom stereocenters. The Morgan fingerprint density at radius 2 is 1.92 bits per heavy atom. The SMILES string of the molecule is CCC1=[C]([Ti+2])C(C)C=C1C.[Cl-].[Cl-]. The maximum Gasteiger partial charge on any atom is -1.00 e. The summed E-state index contributed by atoms with van der Waals surface area (Å²) in [6, 6.07) is 0. The molecule has 1 aliphatic carbocycles. The molecule has 0 radical (unpaired) electrons. The van der Waals surface area contributed by atoms with Crippen LogP contribution in [0.4, 0.5) is 0 Å². The zero-order valence-corrected chi connectivity index (χ0v) is 10.7. The van der Waals surface area contributed by atoms with Gasteiger partial charge in [-0.25, -0.2) is 0 Å². The third kappa shape index (κ3) is 2.92. The quantitative estimate of drug-likeness (QED) is 0.423. The maximum absolute atomic E-state index is 2.36. The molecular weight excluding hydrogens is 227 g/mol. The van der Waals surface area contributed by atoms with Crippen molar-refractivity contribution in [2.75, 3.05) is 0 Å². The summed E-state index contributed by atoms with van der Waals surface area (Å²) in [6.07, 6.45) is 3.55. The smallest absolute Gasteiger partial charge is 1.00 e. The Labute approximate surface area is 99.1 Å². The first-order valence-electron chi connectivity index (χ1n) is 3.80. The van der Waals surface area contributed by atoms with E-state index in [2.05, 4.69) is 47.3 Å². The molecule has 0 aromatic carbocycles. The Morgan fingerprint density at radius 3 is 2.08 bits per heavy atom. The van der Waals surface area contributed by atoms with E-state index in [1.54, 1.807) is 9.45 Å². The topological polar surface area (TPSA) is 0 Å². The molecule has 0 nitrogen and oxygen atoms in total. The van der Waals surface area contributed by atoms with E-state index >= 15 is 0 Å². The van der Waals surface area contributed by atoms with Crippen molar-refractivity contribution in [3.63, 3.8) is 0 Å². The van der Waals surface area contributed by atoms with E-state index in [1.807, 2.05) is 0 Å². The first kappa shape index (κ1) is 15.3. The Hall–Kier alpha value is 0.774. The molecule has 0 bridgehead atoms. The second kappa shape index (κ2) is 6.26. The van der Waals surface area contributed by atoms with Crippen molar-refractivity contribution in [3.8, 4) is 0 Å². The van der Waals surface area contributed by atoms with E-state index in [0.29, 0.717) is 5.92 Å². The monoisotopic (exact) mass is 239 g/mol. The molecule has 0 saturated carbocycles. The summed E-state index contributed by atoms with van der Waals surface area (Å²) < 4.78 is 1.57. The molecule has 0 aromatic heterocycles. The molecule has 1 aliphatic rings. The van der Waals surface area contributed by atoms with Gasteiger partial charge < -0.3 is 24.8 Å². The average molecular weight is 240 g/mol. The van der Waals surface area contributed by atoms with Crippen LogP contribution in [0.25, 0.3) is 0 Å². The number of halogens is 2. The van der Waals surface area contributed by atoms with E-state index in [0.717, 1.165) is 0 Å². The molecule has 1 unspecified atom stereocenters. The number of rotatable bonds is 1. The molecular formula is C9H13Cl2Ti. The van der Waals surface area contributed by atoms with Crippen LogP contribution in [0.15, 0.2) is 21.1 Å². The molecule has 0 fully saturated rings. The number of hydrogen-bond acceptors (Lipinski definition) is 0. The van der Waals surface area contributed by atoms with Crippen LogP contribution >= 0.6 is 0 Å². The van der Waals surface area contributed by atoms with Crippen molar-refractivity contribution in [3.05, 3.63) is 21.1 Å². The van der Waals surface area contributed by atoms with E-state index in [9.17, 15) is 0 Å². The zero-order valence-electron chi connectivity index (χ0n) is 7.62. The van der Waals surface area contributed by atoms with Gasteiger partial charge >= 0.3 is 74.6 Å². The summed E-state index contributed by atoms with van der Waals surface area (Å²) in [5.74, 6) is 0.690. The summed E-state index contributed by atoms with van der Waals surface area (Å²) in [5, 5.41) is 0. The minimum Gasteiger partial charge on any atom is -1.00 e. The van der Waals surface area contributed by atoms with E-state index in [4.69, 9.17) is 0 Å². The minimum absolute atomic E-state index is 0. The molecule has 0 aromatic rings. The molecule has 1 rings (SSSR count). The van der Waals surface area contributed by atoms with E-state index < -0.39 is 0 Å². The Kier molecular flexibility index (Phi) is 7.96. The van der Waals surface area contributed by atoms with Crippen LogP contribution < -0.4 is 24.8 Å². The number of hydrogen-bond donors (Lipinski definition) is 0. The summed E-state index contributed by atoms with van der Waals surface area (Å²) in [7, 11) is 0. The van der Waals surface area contributed by atoms with Crippen LogP contribution in [0.1, 0.15) is 27.2 Å². The fourth-order valence-electron chi connectivity index (χ4n) is 1.52. The average Bonchev–Trinajstić information content (AvgIpc) is 2.09. The number of allylic oxidation sites excluding steroid dienone is 4. The molecule has 0 saturated heterocycles. The molecule has 0 aliphatic heterocycles. The summed E-state index contributed by atoms with van der Waals surface area (Å²) in [4.78, 5) is 0. The van der Waals surface area contributed by atoms with Gasteiger partial charge in [0.25, 0.3) is 0 Å². The van der Waals surface area contributed by atoms with Crippen molar-refractivity contribution in [2.45, 2.75) is 27.2 Å². The van der Waals surface area contributed by atoms with Gasteiger partial charge in [-0.15, -0.1) is 0 Å². The predicted octanol–water partition coefficient (Wildman–Crippen LogP) is -3.20. The van der Waals surface area contributed by atoms with Crippen molar-refractivity contribution in [1.82, 2.24) is 0 Å². The van der Waals surface area contributed by atoms with Crippen molar-refractivity contribution in [2.24, 2.45) is 5.92 Å². The second-order valence-corrected chi connectivity index (χ2v) is 3.73. The van der Waals surface area contributed by atoms with Crippen LogP contribution in [0.3, 0.4) is 0 Å². The van der Waals surface area contributed by atoms with Gasteiger partial charge in [0.15, 0.2) is 0 Å². The maximum atomic E-state index is 2.36. The van der Waals surface area contributed by atoms with Crippen LogP contribution in [0.5, 0.6) is 0 Å². The van der Waals surface area contributed by atoms with Gasteiger partial charge in [-0.1, -0.05) is 0 Å². The molecule has 0 heterocycles. The van der Waals surface area contributed by atoms with Gasteiger partial charge in [0, 0.05) is 0 Å². The molecule has 0 amide bonds. The molecule has 3 heteroatoms. The van der Waals surface area contributed by atoms with E-state index in [-0.39, 0.29) is 24.8 Å². The van der Waals surface area contributed by atoms with Crippen LogP contribution in [-0.2, 0) is 20.4 Å². The Bertz CT molecular complexity index is 207. The standard InChI is InChI=1S/C9H13.2ClH.Ti/c1-4-9-6-7(2)5-8(9)3;;;/h5,7H,4H2,1-3H3;2*1H;/q;;;+2/p-2.